The number of pyridine rings is 1. The summed E-state index contributed by atoms with van der Waals surface area (Å²) in [5.74, 6) is 1.01. The molecule has 7 heteroatoms. The summed E-state index contributed by atoms with van der Waals surface area (Å²) in [5.41, 5.74) is 3.99. The number of ether oxygens (including phenoxy) is 3. The van der Waals surface area contributed by atoms with E-state index in [-0.39, 0.29) is 18.1 Å². The van der Waals surface area contributed by atoms with Gasteiger partial charge in [-0.1, -0.05) is 12.1 Å². The number of aryl methyl sites for hydroxylation is 1. The number of aromatic nitrogens is 1. The Hall–Kier alpha value is -3.32. The van der Waals surface area contributed by atoms with Crippen LogP contribution in [-0.2, 0) is 16.0 Å². The second-order valence-corrected chi connectivity index (χ2v) is 7.72. The second-order valence-electron chi connectivity index (χ2n) is 7.72. The Morgan fingerprint density at radius 1 is 1.06 bits per heavy atom. The third-order valence-corrected chi connectivity index (χ3v) is 5.79. The van der Waals surface area contributed by atoms with Crippen molar-refractivity contribution in [3.8, 4) is 11.5 Å². The molecule has 0 fully saturated rings. The summed E-state index contributed by atoms with van der Waals surface area (Å²) in [6.45, 7) is 2.40. The maximum Gasteiger partial charge on any atom is 0.254 e. The molecule has 0 radical (unpaired) electrons. The number of aromatic amines is 1. The Labute approximate surface area is 180 Å². The van der Waals surface area contributed by atoms with E-state index in [9.17, 15) is 9.59 Å². The number of rotatable bonds is 5. The predicted molar refractivity (Wildman–Crippen MR) is 118 cm³/mol. The fraction of sp³-hybridized carbons (Fsp3) is 0.333. The molecule has 0 saturated carbocycles. The zero-order valence-electron chi connectivity index (χ0n) is 18.2. The first-order chi connectivity index (χ1) is 15.0. The van der Waals surface area contributed by atoms with Crippen molar-refractivity contribution < 1.29 is 19.0 Å². The van der Waals surface area contributed by atoms with Crippen molar-refractivity contribution in [2.75, 3.05) is 34.5 Å². The molecule has 7 nitrogen and oxygen atoms in total. The summed E-state index contributed by atoms with van der Waals surface area (Å²) in [4.78, 5) is 30.8. The highest BCUT2D eigenvalue weighted by molar-refractivity contribution is 5.82. The molecular weight excluding hydrogens is 396 g/mol. The molecular formula is C24H26N2O5. The third-order valence-electron chi connectivity index (χ3n) is 5.79. The van der Waals surface area contributed by atoms with Gasteiger partial charge in [0.2, 0.25) is 5.91 Å². The smallest absolute Gasteiger partial charge is 0.254 e. The minimum Gasteiger partial charge on any atom is -0.493 e. The number of carbonyl (C=O) groups is 1. The van der Waals surface area contributed by atoms with Crippen LogP contribution in [0, 0.1) is 6.92 Å². The molecule has 1 aliphatic heterocycles. The first kappa shape index (κ1) is 20.9. The lowest BCUT2D eigenvalue weighted by molar-refractivity contribution is -0.137. The van der Waals surface area contributed by atoms with Gasteiger partial charge < -0.3 is 24.1 Å². The van der Waals surface area contributed by atoms with Crippen molar-refractivity contribution in [1.82, 2.24) is 9.88 Å². The van der Waals surface area contributed by atoms with Crippen LogP contribution in [0.2, 0.25) is 0 Å². The fourth-order valence-corrected chi connectivity index (χ4v) is 4.29. The third kappa shape index (κ3) is 3.77. The van der Waals surface area contributed by atoms with Gasteiger partial charge in [0.1, 0.15) is 6.61 Å². The number of H-pyrrole nitrogens is 1. The molecule has 1 amide bonds. The highest BCUT2D eigenvalue weighted by Crippen LogP contribution is 2.40. The van der Waals surface area contributed by atoms with Crippen molar-refractivity contribution in [2.45, 2.75) is 19.4 Å². The van der Waals surface area contributed by atoms with Crippen molar-refractivity contribution in [3.05, 3.63) is 69.0 Å². The molecule has 2 heterocycles. The van der Waals surface area contributed by atoms with E-state index in [1.54, 1.807) is 19.1 Å². The Morgan fingerprint density at radius 2 is 1.81 bits per heavy atom. The average molecular weight is 422 g/mol. The van der Waals surface area contributed by atoms with Gasteiger partial charge in [-0.3, -0.25) is 9.59 Å². The van der Waals surface area contributed by atoms with Crippen LogP contribution >= 0.6 is 0 Å². The SMILES string of the molecule is COCC(=O)N1CCc2cc(OC)c(OC)cc2C1c1cc2ccc(C)cc2[nH]c1=O. The zero-order valence-corrected chi connectivity index (χ0v) is 18.2. The van der Waals surface area contributed by atoms with Crippen LogP contribution in [0.15, 0.2) is 41.2 Å². The van der Waals surface area contributed by atoms with Crippen LogP contribution in [0.1, 0.15) is 28.3 Å². The first-order valence-corrected chi connectivity index (χ1v) is 10.1. The van der Waals surface area contributed by atoms with Crippen LogP contribution in [-0.4, -0.2) is 50.3 Å². The number of fused-ring (bicyclic) bond motifs is 2. The zero-order chi connectivity index (χ0) is 22.1. The minimum absolute atomic E-state index is 0.0518. The second kappa shape index (κ2) is 8.43. The number of nitrogens with one attached hydrogen (secondary N) is 1. The number of amides is 1. The molecule has 1 atom stereocenters. The predicted octanol–water partition coefficient (Wildman–Crippen LogP) is 2.97. The van der Waals surface area contributed by atoms with Crippen LogP contribution in [0.25, 0.3) is 10.9 Å². The van der Waals surface area contributed by atoms with E-state index in [4.69, 9.17) is 14.2 Å². The van der Waals surface area contributed by atoms with E-state index in [2.05, 4.69) is 4.98 Å². The maximum atomic E-state index is 13.2. The van der Waals surface area contributed by atoms with Gasteiger partial charge in [0, 0.05) is 24.7 Å². The summed E-state index contributed by atoms with van der Waals surface area (Å²) >= 11 is 0. The minimum atomic E-state index is -0.555. The highest BCUT2D eigenvalue weighted by atomic mass is 16.5. The molecule has 31 heavy (non-hydrogen) atoms. The normalized spacial score (nSPS) is 15.6. The fourth-order valence-electron chi connectivity index (χ4n) is 4.29. The van der Waals surface area contributed by atoms with E-state index < -0.39 is 6.04 Å². The number of carbonyl (C=O) groups excluding carboxylic acids is 1. The molecule has 0 bridgehead atoms. The highest BCUT2D eigenvalue weighted by Gasteiger charge is 2.35. The first-order valence-electron chi connectivity index (χ1n) is 10.1. The van der Waals surface area contributed by atoms with Crippen LogP contribution in [0.3, 0.4) is 0 Å². The maximum absolute atomic E-state index is 13.2. The Bertz CT molecular complexity index is 1200. The summed E-state index contributed by atoms with van der Waals surface area (Å²) in [6, 6.07) is 11.0. The number of nitrogens with zero attached hydrogens (tertiary/aromatic N) is 1. The molecule has 3 aromatic rings. The van der Waals surface area contributed by atoms with Gasteiger partial charge in [-0.25, -0.2) is 0 Å². The van der Waals surface area contributed by atoms with E-state index in [1.165, 1.54) is 7.11 Å². The van der Waals surface area contributed by atoms with Gasteiger partial charge in [0.05, 0.1) is 20.3 Å². The average Bonchev–Trinajstić information content (AvgIpc) is 2.77. The lowest BCUT2D eigenvalue weighted by Crippen LogP contribution is -2.44. The van der Waals surface area contributed by atoms with E-state index >= 15 is 0 Å². The van der Waals surface area contributed by atoms with Crippen LogP contribution < -0.4 is 15.0 Å². The molecule has 0 saturated heterocycles. The summed E-state index contributed by atoms with van der Waals surface area (Å²) in [6.07, 6.45) is 0.645. The lowest BCUT2D eigenvalue weighted by Gasteiger charge is -2.37. The van der Waals surface area contributed by atoms with E-state index in [1.807, 2.05) is 43.3 Å². The van der Waals surface area contributed by atoms with Gasteiger partial charge in [-0.2, -0.15) is 0 Å². The van der Waals surface area contributed by atoms with E-state index in [0.717, 1.165) is 27.6 Å². The van der Waals surface area contributed by atoms with Crippen molar-refractivity contribution in [3.63, 3.8) is 0 Å². The van der Waals surface area contributed by atoms with E-state index in [0.29, 0.717) is 30.0 Å². The largest absolute Gasteiger partial charge is 0.493 e. The Balaban J connectivity index is 1.94. The lowest BCUT2D eigenvalue weighted by atomic mass is 9.87. The molecule has 0 spiro atoms. The Morgan fingerprint density at radius 3 is 2.52 bits per heavy atom. The monoisotopic (exact) mass is 422 g/mol. The van der Waals surface area contributed by atoms with Crippen molar-refractivity contribution in [2.24, 2.45) is 0 Å². The topological polar surface area (TPSA) is 80.9 Å². The molecule has 1 N–H and O–H groups in total. The van der Waals surface area contributed by atoms with Crippen molar-refractivity contribution in [1.29, 1.82) is 0 Å². The van der Waals surface area contributed by atoms with Crippen molar-refractivity contribution >= 4 is 16.8 Å². The van der Waals surface area contributed by atoms with Gasteiger partial charge in [-0.05, 0) is 59.7 Å². The number of benzene rings is 2. The molecule has 1 aliphatic rings. The number of hydrogen-bond acceptors (Lipinski definition) is 5. The molecule has 1 aromatic heterocycles. The Kier molecular flexibility index (Phi) is 5.69. The quantitative estimate of drug-likeness (QED) is 0.684. The molecule has 162 valence electrons. The van der Waals surface area contributed by atoms with Gasteiger partial charge in [0.15, 0.2) is 11.5 Å². The standard InChI is InChI=1S/C24H26N2O5/c1-14-5-6-16-10-18(24(28)25-19(16)9-14)23-17-12-21(31-4)20(30-3)11-15(17)7-8-26(23)22(27)13-29-2/h5-6,9-12,23H,7-8,13H2,1-4H3,(H,25,28). The summed E-state index contributed by atoms with van der Waals surface area (Å²) < 4.78 is 16.1. The molecule has 2 aromatic carbocycles. The molecule has 0 aliphatic carbocycles. The van der Waals surface area contributed by atoms with Crippen LogP contribution in [0.4, 0.5) is 0 Å². The number of hydrogen-bond donors (Lipinski definition) is 1. The summed E-state index contributed by atoms with van der Waals surface area (Å²) in [5, 5.41) is 0.909. The van der Waals surface area contributed by atoms with Gasteiger partial charge in [-0.15, -0.1) is 0 Å². The summed E-state index contributed by atoms with van der Waals surface area (Å²) in [7, 11) is 4.65. The number of methoxy groups -OCH3 is 3. The molecule has 4 rings (SSSR count). The van der Waals surface area contributed by atoms with Gasteiger partial charge >= 0.3 is 0 Å². The van der Waals surface area contributed by atoms with Gasteiger partial charge in [0.25, 0.3) is 5.56 Å². The van der Waals surface area contributed by atoms with Crippen LogP contribution in [0.5, 0.6) is 11.5 Å². The molecule has 1 unspecified atom stereocenters.